The van der Waals surface area contributed by atoms with Crippen LogP contribution >= 0.6 is 0 Å². The van der Waals surface area contributed by atoms with Crippen LogP contribution in [0.4, 0.5) is 17.6 Å². The van der Waals surface area contributed by atoms with Crippen LogP contribution in [-0.4, -0.2) is 30.2 Å². The molecular weight excluding hydrogens is 362 g/mol. The van der Waals surface area contributed by atoms with E-state index < -0.39 is 29.2 Å². The van der Waals surface area contributed by atoms with Gasteiger partial charge in [0.1, 0.15) is 6.17 Å². The van der Waals surface area contributed by atoms with E-state index in [-0.39, 0.29) is 13.1 Å². The summed E-state index contributed by atoms with van der Waals surface area (Å²) < 4.78 is 52.1. The first-order valence-electron chi connectivity index (χ1n) is 8.57. The molecule has 2 atom stereocenters. The van der Waals surface area contributed by atoms with Gasteiger partial charge in [0.2, 0.25) is 5.91 Å². The molecule has 4 nitrogen and oxygen atoms in total. The number of nitrogens with zero attached hydrogens (tertiary/aromatic N) is 1. The van der Waals surface area contributed by atoms with Crippen LogP contribution in [0.25, 0.3) is 0 Å². The molecule has 0 spiro atoms. The minimum atomic E-state index is -4.42. The number of rotatable bonds is 6. The second-order valence-corrected chi connectivity index (χ2v) is 6.85. The zero-order chi connectivity index (χ0) is 20.2. The lowest BCUT2D eigenvalue weighted by molar-refractivity contribution is -0.138. The number of amides is 1. The molecule has 148 valence electrons. The molecule has 1 aliphatic rings. The summed E-state index contributed by atoms with van der Waals surface area (Å²) in [4.78, 5) is 16.1. The lowest BCUT2D eigenvalue weighted by atomic mass is 9.79. The molecule has 1 heterocycles. The van der Waals surface area contributed by atoms with Gasteiger partial charge in [-0.2, -0.15) is 13.2 Å². The van der Waals surface area contributed by atoms with Crippen molar-refractivity contribution < 1.29 is 22.4 Å². The largest absolute Gasteiger partial charge is 0.417 e. The predicted molar refractivity (Wildman–Crippen MR) is 94.6 cm³/mol. The molecule has 0 aliphatic heterocycles. The molecule has 2 N–H and O–H groups in total. The van der Waals surface area contributed by atoms with E-state index in [9.17, 15) is 22.4 Å². The summed E-state index contributed by atoms with van der Waals surface area (Å²) in [6, 6.07) is 1.05. The van der Waals surface area contributed by atoms with Crippen molar-refractivity contribution in [2.75, 3.05) is 13.1 Å². The number of aryl methyl sites for hydroxylation is 1. The van der Waals surface area contributed by atoms with Gasteiger partial charge < -0.3 is 10.6 Å². The number of alkyl halides is 4. The van der Waals surface area contributed by atoms with Crippen molar-refractivity contribution in [2.24, 2.45) is 5.41 Å². The van der Waals surface area contributed by atoms with E-state index in [0.29, 0.717) is 17.8 Å². The Morgan fingerprint density at radius 2 is 2.00 bits per heavy atom. The highest BCUT2D eigenvalue weighted by Crippen LogP contribution is 2.32. The number of pyridine rings is 1. The van der Waals surface area contributed by atoms with Gasteiger partial charge >= 0.3 is 6.18 Å². The minimum Gasteiger partial charge on any atom is -0.354 e. The summed E-state index contributed by atoms with van der Waals surface area (Å²) in [6.07, 6.45) is -0.317. The van der Waals surface area contributed by atoms with Gasteiger partial charge in [0.15, 0.2) is 0 Å². The summed E-state index contributed by atoms with van der Waals surface area (Å²) in [5, 5.41) is 5.68. The third-order valence-electron chi connectivity index (χ3n) is 4.56. The Bertz CT molecular complexity index is 758. The normalized spacial score (nSPS) is 22.5. The second-order valence-electron chi connectivity index (χ2n) is 6.85. The van der Waals surface area contributed by atoms with Gasteiger partial charge in [-0.3, -0.25) is 9.78 Å². The van der Waals surface area contributed by atoms with Crippen LogP contribution in [0.15, 0.2) is 36.1 Å². The maximum atomic E-state index is 14.2. The van der Waals surface area contributed by atoms with Crippen molar-refractivity contribution >= 4 is 5.91 Å². The van der Waals surface area contributed by atoms with Crippen molar-refractivity contribution in [3.8, 4) is 0 Å². The molecule has 0 saturated carbocycles. The number of halogens is 4. The highest BCUT2D eigenvalue weighted by Gasteiger charge is 2.39. The van der Waals surface area contributed by atoms with Crippen molar-refractivity contribution in [2.45, 2.75) is 39.7 Å². The first-order chi connectivity index (χ1) is 12.5. The molecule has 0 radical (unpaired) electrons. The molecule has 1 aliphatic carbocycles. The van der Waals surface area contributed by atoms with Crippen LogP contribution in [0, 0.1) is 12.3 Å². The van der Waals surface area contributed by atoms with Crippen molar-refractivity contribution in [1.29, 1.82) is 0 Å². The Morgan fingerprint density at radius 3 is 2.59 bits per heavy atom. The van der Waals surface area contributed by atoms with Gasteiger partial charge in [-0.25, -0.2) is 4.39 Å². The van der Waals surface area contributed by atoms with Gasteiger partial charge in [-0.05, 0) is 38.5 Å². The number of hydrogen-bond donors (Lipinski definition) is 2. The van der Waals surface area contributed by atoms with Crippen LogP contribution in [0.3, 0.4) is 0 Å². The van der Waals surface area contributed by atoms with Crippen LogP contribution < -0.4 is 10.6 Å². The summed E-state index contributed by atoms with van der Waals surface area (Å²) in [5.41, 5.74) is -0.321. The Morgan fingerprint density at radius 1 is 1.30 bits per heavy atom. The molecule has 1 aromatic heterocycles. The predicted octanol–water partition coefficient (Wildman–Crippen LogP) is 3.48. The van der Waals surface area contributed by atoms with Crippen LogP contribution in [0.2, 0.25) is 0 Å². The summed E-state index contributed by atoms with van der Waals surface area (Å²) >= 11 is 0. The van der Waals surface area contributed by atoms with Gasteiger partial charge in [-0.1, -0.05) is 17.7 Å². The molecule has 2 unspecified atom stereocenters. The van der Waals surface area contributed by atoms with Crippen LogP contribution in [0.1, 0.15) is 30.7 Å². The fourth-order valence-electron chi connectivity index (χ4n) is 2.66. The maximum Gasteiger partial charge on any atom is 0.417 e. The summed E-state index contributed by atoms with van der Waals surface area (Å²) in [5.74, 6) is -0.416. The lowest BCUT2D eigenvalue weighted by Gasteiger charge is -2.29. The average Bonchev–Trinajstić information content (AvgIpc) is 2.58. The lowest BCUT2D eigenvalue weighted by Crippen LogP contribution is -2.46. The maximum absolute atomic E-state index is 14.2. The van der Waals surface area contributed by atoms with Crippen LogP contribution in [0.5, 0.6) is 0 Å². The smallest absolute Gasteiger partial charge is 0.354 e. The average molecular weight is 385 g/mol. The van der Waals surface area contributed by atoms with Gasteiger partial charge in [0, 0.05) is 25.8 Å². The Hall–Kier alpha value is -2.22. The Labute approximate surface area is 155 Å². The van der Waals surface area contributed by atoms with Gasteiger partial charge in [0.25, 0.3) is 0 Å². The minimum absolute atomic E-state index is 0.261. The molecule has 1 amide bonds. The van der Waals surface area contributed by atoms with Crippen molar-refractivity contribution in [1.82, 2.24) is 15.6 Å². The molecule has 0 bridgehead atoms. The fourth-order valence-corrected chi connectivity index (χ4v) is 2.66. The molecule has 27 heavy (non-hydrogen) atoms. The molecule has 0 fully saturated rings. The second kappa shape index (κ2) is 8.21. The quantitative estimate of drug-likeness (QED) is 0.582. The zero-order valence-electron chi connectivity index (χ0n) is 15.5. The third kappa shape index (κ3) is 5.15. The van der Waals surface area contributed by atoms with E-state index in [4.69, 9.17) is 0 Å². The highest BCUT2D eigenvalue weighted by atomic mass is 19.4. The van der Waals surface area contributed by atoms with E-state index in [1.807, 2.05) is 0 Å². The van der Waals surface area contributed by atoms with E-state index in [2.05, 4.69) is 15.6 Å². The number of nitrogens with one attached hydrogen (secondary N) is 2. The zero-order valence-corrected chi connectivity index (χ0v) is 15.5. The first kappa shape index (κ1) is 21.1. The van der Waals surface area contributed by atoms with Gasteiger partial charge in [0.05, 0.1) is 16.7 Å². The molecule has 0 saturated heterocycles. The molecule has 2 rings (SSSR count). The number of allylic oxidation sites excluding steroid dienone is 3. The third-order valence-corrected chi connectivity index (χ3v) is 4.56. The number of aromatic nitrogens is 1. The van der Waals surface area contributed by atoms with E-state index >= 15 is 0 Å². The van der Waals surface area contributed by atoms with Crippen molar-refractivity contribution in [3.63, 3.8) is 0 Å². The molecule has 8 heteroatoms. The van der Waals surface area contributed by atoms with E-state index in [0.717, 1.165) is 17.8 Å². The highest BCUT2D eigenvalue weighted by molar-refractivity contribution is 5.85. The van der Waals surface area contributed by atoms with E-state index in [1.165, 1.54) is 13.0 Å². The Kier molecular flexibility index (Phi) is 6.41. The molecule has 0 aromatic carbocycles. The fraction of sp³-hybridized carbons (Fsp3) is 0.474. The SMILES string of the molecule is CC1=CC(F)C(C)(C(=O)NCCNCc2ncc(C(F)(F)F)cc2C)C=C1. The number of carbonyl (C=O) groups is 1. The number of carbonyl (C=O) groups excluding carboxylic acids is 1. The standard InChI is InChI=1S/C19H23F4N3O/c1-12-4-5-18(3,16(20)8-12)17(27)25-7-6-24-11-15-13(2)9-14(10-26-15)19(21,22)23/h4-5,8-10,16,24H,6-7,11H2,1-3H3,(H,25,27). The summed E-state index contributed by atoms with van der Waals surface area (Å²) in [6.45, 7) is 5.77. The molecule has 1 aromatic rings. The summed E-state index contributed by atoms with van der Waals surface area (Å²) in [7, 11) is 0. The number of hydrogen-bond acceptors (Lipinski definition) is 3. The monoisotopic (exact) mass is 385 g/mol. The Balaban J connectivity index is 1.79. The van der Waals surface area contributed by atoms with Crippen molar-refractivity contribution in [3.05, 3.63) is 52.9 Å². The molecular formula is C19H23F4N3O. The topological polar surface area (TPSA) is 54.0 Å². The van der Waals surface area contributed by atoms with Crippen LogP contribution in [-0.2, 0) is 17.5 Å². The first-order valence-corrected chi connectivity index (χ1v) is 8.57. The van der Waals surface area contributed by atoms with Gasteiger partial charge in [-0.15, -0.1) is 0 Å². The van der Waals surface area contributed by atoms with E-state index in [1.54, 1.807) is 26.0 Å².